The molecule has 6 heteroatoms. The van der Waals surface area contributed by atoms with Gasteiger partial charge < -0.3 is 15.5 Å². The van der Waals surface area contributed by atoms with E-state index in [0.717, 1.165) is 0 Å². The lowest BCUT2D eigenvalue weighted by molar-refractivity contribution is -0.141. The van der Waals surface area contributed by atoms with Crippen LogP contribution in [0.4, 0.5) is 5.69 Å². The molecule has 0 fully saturated rings. The van der Waals surface area contributed by atoms with Crippen molar-refractivity contribution in [1.82, 2.24) is 5.32 Å². The molecule has 6 nitrogen and oxygen atoms in total. The van der Waals surface area contributed by atoms with E-state index in [1.165, 1.54) is 6.92 Å². The van der Waals surface area contributed by atoms with Gasteiger partial charge in [-0.3, -0.25) is 10.1 Å². The number of rotatable bonds is 6. The fraction of sp³-hybridized carbons (Fsp3) is 0.273. The molecule has 1 rings (SSSR count). The molecule has 0 spiro atoms. The first-order chi connectivity index (χ1) is 8.00. The molecule has 0 aliphatic rings. The van der Waals surface area contributed by atoms with Crippen LogP contribution in [0.15, 0.2) is 30.3 Å². The summed E-state index contributed by atoms with van der Waals surface area (Å²) in [5, 5.41) is 22.8. The summed E-state index contributed by atoms with van der Waals surface area (Å²) < 4.78 is 0. The van der Waals surface area contributed by atoms with Gasteiger partial charge >= 0.3 is 11.9 Å². The number of anilines is 1. The number of aliphatic carboxylic acids is 2. The lowest BCUT2D eigenvalue weighted by Gasteiger charge is -2.19. The van der Waals surface area contributed by atoms with Gasteiger partial charge in [0.25, 0.3) is 0 Å². The first-order valence-corrected chi connectivity index (χ1v) is 5.04. The topological polar surface area (TPSA) is 98.7 Å². The Kier molecular flexibility index (Phi) is 4.47. The summed E-state index contributed by atoms with van der Waals surface area (Å²) in [4.78, 5) is 21.6. The quantitative estimate of drug-likeness (QED) is 0.541. The fourth-order valence-electron chi connectivity index (χ4n) is 1.20. The van der Waals surface area contributed by atoms with E-state index in [4.69, 9.17) is 10.2 Å². The van der Waals surface area contributed by atoms with Crippen LogP contribution in [0, 0.1) is 0 Å². The first kappa shape index (κ1) is 13.0. The van der Waals surface area contributed by atoms with Crippen LogP contribution in [0.5, 0.6) is 0 Å². The SMILES string of the molecule is CC(NC(Nc1ccccc1)C(=O)O)C(=O)O. The van der Waals surface area contributed by atoms with Gasteiger partial charge in [0.1, 0.15) is 6.04 Å². The fourth-order valence-corrected chi connectivity index (χ4v) is 1.20. The summed E-state index contributed by atoms with van der Waals surface area (Å²) in [5.41, 5.74) is 0.602. The zero-order valence-electron chi connectivity index (χ0n) is 9.25. The molecule has 0 bridgehead atoms. The minimum Gasteiger partial charge on any atom is -0.480 e. The molecule has 17 heavy (non-hydrogen) atoms. The van der Waals surface area contributed by atoms with Gasteiger partial charge in [-0.25, -0.2) is 4.79 Å². The predicted molar refractivity (Wildman–Crippen MR) is 61.7 cm³/mol. The summed E-state index contributed by atoms with van der Waals surface area (Å²) in [6.07, 6.45) is -1.15. The third kappa shape index (κ3) is 4.12. The molecular formula is C11H14N2O4. The minimum atomic E-state index is -1.16. The van der Waals surface area contributed by atoms with Gasteiger partial charge in [0.15, 0.2) is 6.17 Å². The molecule has 4 N–H and O–H groups in total. The second kappa shape index (κ2) is 5.86. The molecular weight excluding hydrogens is 224 g/mol. The van der Waals surface area contributed by atoms with Crippen molar-refractivity contribution in [2.75, 3.05) is 5.32 Å². The number of carboxylic acid groups (broad SMARTS) is 2. The summed E-state index contributed by atoms with van der Waals surface area (Å²) in [7, 11) is 0. The number of carbonyl (C=O) groups is 2. The normalized spacial score (nSPS) is 13.7. The van der Waals surface area contributed by atoms with Crippen molar-refractivity contribution < 1.29 is 19.8 Å². The Balaban J connectivity index is 2.67. The predicted octanol–water partition coefficient (Wildman–Crippen LogP) is 0.572. The molecule has 2 atom stereocenters. The van der Waals surface area contributed by atoms with Crippen molar-refractivity contribution in [3.05, 3.63) is 30.3 Å². The summed E-state index contributed by atoms with van der Waals surface area (Å²) in [6.45, 7) is 1.38. The Morgan fingerprint density at radius 3 is 2.18 bits per heavy atom. The standard InChI is InChI=1S/C11H14N2O4/c1-7(10(14)15)12-9(11(16)17)13-8-5-3-2-4-6-8/h2-7,9,12-13H,1H3,(H,14,15)(H,16,17). The molecule has 0 amide bonds. The van der Waals surface area contributed by atoms with Crippen molar-refractivity contribution in [2.45, 2.75) is 19.1 Å². The number of hydrogen-bond acceptors (Lipinski definition) is 4. The summed E-state index contributed by atoms with van der Waals surface area (Å²) in [6, 6.07) is 7.75. The van der Waals surface area contributed by atoms with Crippen LogP contribution in [0.2, 0.25) is 0 Å². The highest BCUT2D eigenvalue weighted by Gasteiger charge is 2.22. The Morgan fingerprint density at radius 2 is 1.71 bits per heavy atom. The van der Waals surface area contributed by atoms with E-state index in [1.807, 2.05) is 0 Å². The summed E-state index contributed by atoms with van der Waals surface area (Å²) >= 11 is 0. The van der Waals surface area contributed by atoms with Crippen molar-refractivity contribution in [3.63, 3.8) is 0 Å². The van der Waals surface area contributed by atoms with Crippen LogP contribution in [0.3, 0.4) is 0 Å². The van der Waals surface area contributed by atoms with Gasteiger partial charge in [0, 0.05) is 5.69 Å². The molecule has 0 saturated heterocycles. The molecule has 0 radical (unpaired) electrons. The van der Waals surface area contributed by atoms with E-state index in [9.17, 15) is 9.59 Å². The van der Waals surface area contributed by atoms with Crippen LogP contribution >= 0.6 is 0 Å². The number of nitrogens with one attached hydrogen (secondary N) is 2. The van der Waals surface area contributed by atoms with Crippen LogP contribution in [0.25, 0.3) is 0 Å². The van der Waals surface area contributed by atoms with E-state index < -0.39 is 24.1 Å². The third-order valence-corrected chi connectivity index (χ3v) is 2.12. The largest absolute Gasteiger partial charge is 0.480 e. The van der Waals surface area contributed by atoms with Gasteiger partial charge in [-0.15, -0.1) is 0 Å². The highest BCUT2D eigenvalue weighted by atomic mass is 16.4. The summed E-state index contributed by atoms with van der Waals surface area (Å²) in [5.74, 6) is -2.27. The van der Waals surface area contributed by atoms with Crippen LogP contribution in [-0.4, -0.2) is 34.4 Å². The van der Waals surface area contributed by atoms with E-state index in [2.05, 4.69) is 10.6 Å². The van der Waals surface area contributed by atoms with E-state index in [-0.39, 0.29) is 0 Å². The van der Waals surface area contributed by atoms with Crippen molar-refractivity contribution in [1.29, 1.82) is 0 Å². The Hall–Kier alpha value is -2.08. The van der Waals surface area contributed by atoms with Crippen molar-refractivity contribution in [3.8, 4) is 0 Å². The van der Waals surface area contributed by atoms with Crippen LogP contribution in [0.1, 0.15) is 6.92 Å². The van der Waals surface area contributed by atoms with E-state index >= 15 is 0 Å². The van der Waals surface area contributed by atoms with Crippen molar-refractivity contribution >= 4 is 17.6 Å². The molecule has 0 aliphatic carbocycles. The molecule has 0 saturated carbocycles. The zero-order chi connectivity index (χ0) is 12.8. The molecule has 0 heterocycles. The maximum atomic E-state index is 10.9. The maximum absolute atomic E-state index is 10.9. The lowest BCUT2D eigenvalue weighted by Crippen LogP contribution is -2.49. The van der Waals surface area contributed by atoms with Crippen LogP contribution < -0.4 is 10.6 Å². The smallest absolute Gasteiger partial charge is 0.341 e. The number of benzene rings is 1. The number of hydrogen-bond donors (Lipinski definition) is 4. The van der Waals surface area contributed by atoms with Gasteiger partial charge in [-0.2, -0.15) is 0 Å². The Bertz CT molecular complexity index is 394. The average molecular weight is 238 g/mol. The van der Waals surface area contributed by atoms with E-state index in [0.29, 0.717) is 5.69 Å². The molecule has 1 aromatic rings. The minimum absolute atomic E-state index is 0.602. The van der Waals surface area contributed by atoms with Gasteiger partial charge in [0.05, 0.1) is 0 Å². The molecule has 0 aromatic heterocycles. The number of para-hydroxylation sites is 1. The molecule has 1 aromatic carbocycles. The third-order valence-electron chi connectivity index (χ3n) is 2.12. The first-order valence-electron chi connectivity index (χ1n) is 5.04. The van der Waals surface area contributed by atoms with Gasteiger partial charge in [-0.1, -0.05) is 18.2 Å². The average Bonchev–Trinajstić information content (AvgIpc) is 2.29. The Labute approximate surface area is 98.3 Å². The second-order valence-corrected chi connectivity index (χ2v) is 3.51. The van der Waals surface area contributed by atoms with Crippen molar-refractivity contribution in [2.24, 2.45) is 0 Å². The molecule has 0 aliphatic heterocycles. The molecule has 92 valence electrons. The zero-order valence-corrected chi connectivity index (χ0v) is 9.25. The van der Waals surface area contributed by atoms with Crippen LogP contribution in [-0.2, 0) is 9.59 Å². The Morgan fingerprint density at radius 1 is 1.12 bits per heavy atom. The number of carboxylic acids is 2. The maximum Gasteiger partial charge on any atom is 0.341 e. The second-order valence-electron chi connectivity index (χ2n) is 3.51. The highest BCUT2D eigenvalue weighted by Crippen LogP contribution is 2.06. The van der Waals surface area contributed by atoms with Gasteiger partial charge in [0.2, 0.25) is 0 Å². The lowest BCUT2D eigenvalue weighted by atomic mass is 10.3. The molecule has 2 unspecified atom stereocenters. The highest BCUT2D eigenvalue weighted by molar-refractivity contribution is 5.79. The van der Waals surface area contributed by atoms with Gasteiger partial charge in [-0.05, 0) is 19.1 Å². The monoisotopic (exact) mass is 238 g/mol. The van der Waals surface area contributed by atoms with E-state index in [1.54, 1.807) is 30.3 Å².